The Hall–Kier alpha value is -1.17. The van der Waals surface area contributed by atoms with Gasteiger partial charge in [0.15, 0.2) is 6.04 Å². The Bertz CT molecular complexity index is 134. The second-order valence-corrected chi connectivity index (χ2v) is 1.29. The van der Waals surface area contributed by atoms with Gasteiger partial charge in [0.05, 0.1) is 0 Å². The first-order valence-corrected chi connectivity index (χ1v) is 2.16. The zero-order valence-electron chi connectivity index (χ0n) is 4.48. The Kier molecular flexibility index (Phi) is 3.29. The Balaban J connectivity index is 3.93. The molecule has 0 aliphatic rings. The molecule has 2 N–H and O–H groups in total. The third kappa shape index (κ3) is 2.04. The van der Waals surface area contributed by atoms with Gasteiger partial charge in [-0.15, -0.1) is 9.81 Å². The van der Waals surface area contributed by atoms with E-state index in [2.05, 4.69) is 5.18 Å². The molecule has 0 heterocycles. The van der Waals surface area contributed by atoms with Gasteiger partial charge in [0.25, 0.3) is 0 Å². The number of carbonyl (C=O) groups is 1. The number of hydrogen-bond acceptors (Lipinski definition) is 5. The summed E-state index contributed by atoms with van der Waals surface area (Å²) in [5.41, 5.74) is 4.85. The van der Waals surface area contributed by atoms with E-state index in [0.717, 1.165) is 0 Å². The lowest BCUT2D eigenvalue weighted by molar-refractivity contribution is -0.118. The van der Waals surface area contributed by atoms with E-state index in [1.165, 1.54) is 0 Å². The number of carbonyl (C=O) groups excluding carboxylic acids is 1. The van der Waals surface area contributed by atoms with Crippen LogP contribution < -0.4 is 5.73 Å². The van der Waals surface area contributed by atoms with Crippen molar-refractivity contribution < 1.29 is 4.79 Å². The number of nitrogens with zero attached hydrogens (tertiary/aromatic N) is 2. The van der Waals surface area contributed by atoms with Gasteiger partial charge in [-0.25, -0.2) is 0 Å². The number of amides is 1. The monoisotopic (exact) mass is 131 g/mol. The highest BCUT2D eigenvalue weighted by Crippen LogP contribution is 1.89. The van der Waals surface area contributed by atoms with E-state index in [-0.39, 0.29) is 6.54 Å². The first-order valence-electron chi connectivity index (χ1n) is 2.16. The Labute approximate surface area is 50.4 Å². The lowest BCUT2D eigenvalue weighted by Gasteiger charge is -1.93. The Morgan fingerprint density at radius 3 is 2.22 bits per heavy atom. The molecule has 0 bridgehead atoms. The molecule has 0 radical (unpaired) electrons. The van der Waals surface area contributed by atoms with Crippen LogP contribution in [0.15, 0.2) is 10.4 Å². The summed E-state index contributed by atoms with van der Waals surface area (Å²) in [5, 5.41) is 4.23. The molecule has 0 spiro atoms. The molecule has 0 saturated heterocycles. The van der Waals surface area contributed by atoms with E-state index in [4.69, 9.17) is 5.73 Å². The van der Waals surface area contributed by atoms with Crippen molar-refractivity contribution in [2.24, 2.45) is 16.1 Å². The van der Waals surface area contributed by atoms with Crippen molar-refractivity contribution in [2.45, 2.75) is 6.04 Å². The highest BCUT2D eigenvalue weighted by Gasteiger charge is 2.16. The SMILES string of the molecule is NC[C@H](N=O)C(=O)N=O. The number of rotatable bonds is 3. The van der Waals surface area contributed by atoms with Gasteiger partial charge in [-0.05, 0) is 0 Å². The zero-order chi connectivity index (χ0) is 7.28. The van der Waals surface area contributed by atoms with Crippen molar-refractivity contribution in [1.29, 1.82) is 0 Å². The first-order chi connectivity index (χ1) is 4.26. The van der Waals surface area contributed by atoms with Gasteiger partial charge < -0.3 is 5.73 Å². The molecule has 1 atom stereocenters. The Morgan fingerprint density at radius 1 is 1.56 bits per heavy atom. The van der Waals surface area contributed by atoms with E-state index in [1.807, 2.05) is 5.18 Å². The van der Waals surface area contributed by atoms with Crippen molar-refractivity contribution in [3.8, 4) is 0 Å². The van der Waals surface area contributed by atoms with Gasteiger partial charge >= 0.3 is 5.91 Å². The number of nitrogens with two attached hydrogens (primary N) is 1. The smallest absolute Gasteiger partial charge is 0.315 e. The predicted octanol–water partition coefficient (Wildman–Crippen LogP) is -0.627. The number of nitroso groups, excluding NO2 is 2. The van der Waals surface area contributed by atoms with Crippen molar-refractivity contribution in [3.05, 3.63) is 9.81 Å². The number of hydrogen-bond donors (Lipinski definition) is 1. The van der Waals surface area contributed by atoms with Crippen molar-refractivity contribution >= 4 is 5.91 Å². The molecule has 6 nitrogen and oxygen atoms in total. The van der Waals surface area contributed by atoms with Crippen LogP contribution in [0.3, 0.4) is 0 Å². The molecule has 9 heavy (non-hydrogen) atoms. The van der Waals surface area contributed by atoms with Gasteiger partial charge in [0, 0.05) is 11.7 Å². The van der Waals surface area contributed by atoms with Gasteiger partial charge in [0.2, 0.25) is 0 Å². The summed E-state index contributed by atoms with van der Waals surface area (Å²) in [6.45, 7) is -0.270. The molecular formula is C3H5N3O3. The quantitative estimate of drug-likeness (QED) is 0.515. The van der Waals surface area contributed by atoms with Crippen LogP contribution in [0.2, 0.25) is 0 Å². The fourth-order valence-electron chi connectivity index (χ4n) is 0.250. The second-order valence-electron chi connectivity index (χ2n) is 1.29. The average Bonchev–Trinajstić information content (AvgIpc) is 1.90. The normalized spacial score (nSPS) is 12.1. The van der Waals surface area contributed by atoms with Gasteiger partial charge in [0.1, 0.15) is 0 Å². The lowest BCUT2D eigenvalue weighted by atomic mass is 10.3. The molecule has 0 unspecified atom stereocenters. The molecule has 0 aromatic carbocycles. The molecule has 0 aromatic rings. The minimum absolute atomic E-state index is 0.270. The molecule has 1 amide bonds. The van der Waals surface area contributed by atoms with Crippen molar-refractivity contribution in [2.75, 3.05) is 6.54 Å². The van der Waals surface area contributed by atoms with Crippen molar-refractivity contribution in [3.63, 3.8) is 0 Å². The maximum Gasteiger partial charge on any atom is 0.315 e. The summed E-state index contributed by atoms with van der Waals surface area (Å²) in [6.07, 6.45) is 0. The summed E-state index contributed by atoms with van der Waals surface area (Å²) in [4.78, 5) is 29.1. The first kappa shape index (κ1) is 7.83. The lowest BCUT2D eigenvalue weighted by Crippen LogP contribution is -2.25. The van der Waals surface area contributed by atoms with Crippen LogP contribution in [-0.4, -0.2) is 18.5 Å². The molecule has 0 rings (SSSR count). The van der Waals surface area contributed by atoms with E-state index in [0.29, 0.717) is 0 Å². The van der Waals surface area contributed by atoms with E-state index in [1.54, 1.807) is 0 Å². The van der Waals surface area contributed by atoms with E-state index < -0.39 is 11.9 Å². The van der Waals surface area contributed by atoms with Crippen LogP contribution in [0.5, 0.6) is 0 Å². The van der Waals surface area contributed by atoms with Crippen LogP contribution in [-0.2, 0) is 4.79 Å². The average molecular weight is 131 g/mol. The standard InChI is InChI=1S/C3H5N3O3/c4-1-2(5-8)3(7)6-9/h2H,1,4H2/t2-/m0/s1. The van der Waals surface area contributed by atoms with Crippen LogP contribution in [0.1, 0.15) is 0 Å². The predicted molar refractivity (Wildman–Crippen MR) is 29.4 cm³/mol. The molecule has 0 aliphatic heterocycles. The molecular weight excluding hydrogens is 126 g/mol. The summed E-state index contributed by atoms with van der Waals surface area (Å²) < 4.78 is 0. The molecule has 0 aliphatic carbocycles. The minimum atomic E-state index is -1.30. The van der Waals surface area contributed by atoms with E-state index >= 15 is 0 Å². The van der Waals surface area contributed by atoms with Crippen LogP contribution in [0, 0.1) is 9.81 Å². The van der Waals surface area contributed by atoms with Crippen LogP contribution >= 0.6 is 0 Å². The molecule has 0 fully saturated rings. The van der Waals surface area contributed by atoms with E-state index in [9.17, 15) is 14.6 Å². The maximum atomic E-state index is 10.1. The van der Waals surface area contributed by atoms with Gasteiger partial charge in [-0.3, -0.25) is 4.79 Å². The third-order valence-corrected chi connectivity index (χ3v) is 0.726. The zero-order valence-corrected chi connectivity index (χ0v) is 4.48. The van der Waals surface area contributed by atoms with Gasteiger partial charge in [-0.2, -0.15) is 0 Å². The summed E-state index contributed by atoms with van der Waals surface area (Å²) in [7, 11) is 0. The third-order valence-electron chi connectivity index (χ3n) is 0.726. The second kappa shape index (κ2) is 3.79. The van der Waals surface area contributed by atoms with Crippen LogP contribution in [0.4, 0.5) is 0 Å². The van der Waals surface area contributed by atoms with Crippen molar-refractivity contribution in [1.82, 2.24) is 0 Å². The summed E-state index contributed by atoms with van der Waals surface area (Å²) in [5.74, 6) is -1.12. The fraction of sp³-hybridized carbons (Fsp3) is 0.667. The fourth-order valence-corrected chi connectivity index (χ4v) is 0.250. The van der Waals surface area contributed by atoms with Crippen LogP contribution in [0.25, 0.3) is 0 Å². The topological polar surface area (TPSA) is 102 Å². The van der Waals surface area contributed by atoms with Gasteiger partial charge in [-0.1, -0.05) is 5.18 Å². The largest absolute Gasteiger partial charge is 0.328 e. The highest BCUT2D eigenvalue weighted by atomic mass is 16.3. The summed E-state index contributed by atoms with van der Waals surface area (Å²) >= 11 is 0. The molecule has 50 valence electrons. The maximum absolute atomic E-state index is 10.1. The molecule has 0 aromatic heterocycles. The minimum Gasteiger partial charge on any atom is -0.328 e. The highest BCUT2D eigenvalue weighted by molar-refractivity contribution is 5.82. The Morgan fingerprint density at radius 2 is 2.11 bits per heavy atom. The summed E-state index contributed by atoms with van der Waals surface area (Å²) in [6, 6.07) is -1.30. The molecule has 6 heteroatoms. The molecule has 0 saturated carbocycles.